The maximum absolute atomic E-state index is 12.4. The van der Waals surface area contributed by atoms with Crippen LogP contribution in [0.15, 0.2) is 36.5 Å². The van der Waals surface area contributed by atoms with E-state index in [-0.39, 0.29) is 17.5 Å². The summed E-state index contributed by atoms with van der Waals surface area (Å²) in [6, 6.07) is 8.40. The predicted molar refractivity (Wildman–Crippen MR) is 104 cm³/mol. The molecule has 1 aromatic heterocycles. The van der Waals surface area contributed by atoms with E-state index in [1.807, 2.05) is 19.9 Å². The monoisotopic (exact) mass is 393 g/mol. The smallest absolute Gasteiger partial charge is 0.269 e. The number of halogens is 2. The highest BCUT2D eigenvalue weighted by Crippen LogP contribution is 2.21. The topological polar surface area (TPSA) is 62.3 Å². The number of nitrogens with one attached hydrogen (secondary N) is 1. The molecule has 7 heteroatoms. The molecule has 138 valence electrons. The molecule has 0 unspecified atom stereocenters. The second kappa shape index (κ2) is 9.55. The van der Waals surface area contributed by atoms with Crippen LogP contribution in [0.4, 0.5) is 0 Å². The molecular formula is C19H21Cl2N3O2. The quantitative estimate of drug-likeness (QED) is 0.776. The number of hydrogen-bond acceptors (Lipinski definition) is 3. The van der Waals surface area contributed by atoms with Crippen LogP contribution in [0.25, 0.3) is 0 Å². The lowest BCUT2D eigenvalue weighted by Gasteiger charge is -2.18. The largest absolute Gasteiger partial charge is 0.350 e. The summed E-state index contributed by atoms with van der Waals surface area (Å²) in [5.41, 5.74) is 1.56. The van der Waals surface area contributed by atoms with Crippen molar-refractivity contribution in [2.45, 2.75) is 20.3 Å². The molecule has 2 amide bonds. The third kappa shape index (κ3) is 5.19. The molecular weight excluding hydrogens is 373 g/mol. The van der Waals surface area contributed by atoms with Crippen LogP contribution < -0.4 is 5.32 Å². The second-order valence-corrected chi connectivity index (χ2v) is 6.49. The molecule has 26 heavy (non-hydrogen) atoms. The zero-order valence-electron chi connectivity index (χ0n) is 14.8. The minimum absolute atomic E-state index is 0.112. The van der Waals surface area contributed by atoms with Crippen LogP contribution in [0.2, 0.25) is 10.0 Å². The zero-order valence-corrected chi connectivity index (χ0v) is 16.3. The highest BCUT2D eigenvalue weighted by Gasteiger charge is 2.15. The fourth-order valence-electron chi connectivity index (χ4n) is 2.51. The molecule has 0 spiro atoms. The highest BCUT2D eigenvalue weighted by atomic mass is 35.5. The first kappa shape index (κ1) is 20.2. The van der Waals surface area contributed by atoms with Crippen molar-refractivity contribution in [1.29, 1.82) is 0 Å². The van der Waals surface area contributed by atoms with Gasteiger partial charge in [-0.05, 0) is 50.1 Å². The van der Waals surface area contributed by atoms with Crippen molar-refractivity contribution in [3.8, 4) is 0 Å². The molecule has 1 heterocycles. The van der Waals surface area contributed by atoms with Crippen molar-refractivity contribution >= 4 is 35.0 Å². The summed E-state index contributed by atoms with van der Waals surface area (Å²) >= 11 is 12.0. The van der Waals surface area contributed by atoms with Gasteiger partial charge in [-0.3, -0.25) is 14.6 Å². The first-order valence-corrected chi connectivity index (χ1v) is 9.19. The first-order chi connectivity index (χ1) is 12.5. The van der Waals surface area contributed by atoms with Gasteiger partial charge < -0.3 is 10.2 Å². The Bertz CT molecular complexity index is 792. The number of pyridine rings is 1. The SMILES string of the molecule is CCN(CC)C(=O)c1ccnc(C(=O)NCCc2ccc(Cl)cc2Cl)c1. The van der Waals surface area contributed by atoms with E-state index in [2.05, 4.69) is 10.3 Å². The Balaban J connectivity index is 1.99. The fourth-order valence-corrected chi connectivity index (χ4v) is 3.01. The number of amides is 2. The minimum Gasteiger partial charge on any atom is -0.350 e. The summed E-state index contributed by atoms with van der Waals surface area (Å²) in [5, 5.41) is 3.93. The van der Waals surface area contributed by atoms with Gasteiger partial charge in [-0.25, -0.2) is 0 Å². The number of rotatable bonds is 7. The molecule has 0 bridgehead atoms. The number of benzene rings is 1. The van der Waals surface area contributed by atoms with Gasteiger partial charge in [-0.1, -0.05) is 29.3 Å². The molecule has 0 aliphatic rings. The second-order valence-electron chi connectivity index (χ2n) is 5.65. The van der Waals surface area contributed by atoms with E-state index in [0.717, 1.165) is 5.56 Å². The van der Waals surface area contributed by atoms with Crippen LogP contribution in [-0.2, 0) is 6.42 Å². The number of aromatic nitrogens is 1. The van der Waals surface area contributed by atoms with Gasteiger partial charge in [0.15, 0.2) is 0 Å². The van der Waals surface area contributed by atoms with Gasteiger partial charge in [0, 0.05) is 41.4 Å². The Morgan fingerprint density at radius 3 is 2.50 bits per heavy atom. The number of carbonyl (C=O) groups is 2. The Morgan fingerprint density at radius 1 is 1.12 bits per heavy atom. The lowest BCUT2D eigenvalue weighted by atomic mass is 10.1. The maximum atomic E-state index is 12.4. The van der Waals surface area contributed by atoms with Crippen molar-refractivity contribution < 1.29 is 9.59 Å². The molecule has 0 saturated carbocycles. The van der Waals surface area contributed by atoms with Gasteiger partial charge in [-0.15, -0.1) is 0 Å². The van der Waals surface area contributed by atoms with Crippen molar-refractivity contribution in [2.75, 3.05) is 19.6 Å². The highest BCUT2D eigenvalue weighted by molar-refractivity contribution is 6.35. The van der Waals surface area contributed by atoms with Crippen molar-refractivity contribution in [3.63, 3.8) is 0 Å². The van der Waals surface area contributed by atoms with E-state index in [1.54, 1.807) is 23.1 Å². The fraction of sp³-hybridized carbons (Fsp3) is 0.316. The summed E-state index contributed by atoms with van der Waals surface area (Å²) < 4.78 is 0. The van der Waals surface area contributed by atoms with Gasteiger partial charge in [0.1, 0.15) is 5.69 Å². The average Bonchev–Trinajstić information content (AvgIpc) is 2.64. The van der Waals surface area contributed by atoms with E-state index in [0.29, 0.717) is 41.7 Å². The summed E-state index contributed by atoms with van der Waals surface area (Å²) in [7, 11) is 0. The van der Waals surface area contributed by atoms with Crippen molar-refractivity contribution in [2.24, 2.45) is 0 Å². The summed E-state index contributed by atoms with van der Waals surface area (Å²) in [6.07, 6.45) is 2.04. The standard InChI is InChI=1S/C19H21Cl2N3O2/c1-3-24(4-2)19(26)14-8-9-22-17(11-14)18(25)23-10-7-13-5-6-15(20)12-16(13)21/h5-6,8-9,11-12H,3-4,7,10H2,1-2H3,(H,23,25). The summed E-state index contributed by atoms with van der Waals surface area (Å²) in [4.78, 5) is 30.4. The molecule has 0 atom stereocenters. The third-order valence-corrected chi connectivity index (χ3v) is 4.57. The molecule has 2 rings (SSSR count). The van der Waals surface area contributed by atoms with E-state index in [4.69, 9.17) is 23.2 Å². The van der Waals surface area contributed by atoms with Crippen molar-refractivity contribution in [3.05, 3.63) is 63.4 Å². The predicted octanol–water partition coefficient (Wildman–Crippen LogP) is 3.84. The Morgan fingerprint density at radius 2 is 1.85 bits per heavy atom. The molecule has 0 radical (unpaired) electrons. The number of hydrogen-bond donors (Lipinski definition) is 1. The zero-order chi connectivity index (χ0) is 19.1. The molecule has 0 aliphatic heterocycles. The van der Waals surface area contributed by atoms with Crippen LogP contribution in [0.3, 0.4) is 0 Å². The van der Waals surface area contributed by atoms with Gasteiger partial charge in [0.2, 0.25) is 0 Å². The molecule has 2 aromatic rings. The maximum Gasteiger partial charge on any atom is 0.269 e. The third-order valence-electron chi connectivity index (χ3n) is 3.99. The van der Waals surface area contributed by atoms with Gasteiger partial charge in [0.05, 0.1) is 0 Å². The van der Waals surface area contributed by atoms with E-state index >= 15 is 0 Å². The molecule has 5 nitrogen and oxygen atoms in total. The molecule has 0 aliphatic carbocycles. The average molecular weight is 394 g/mol. The first-order valence-electron chi connectivity index (χ1n) is 8.43. The normalized spacial score (nSPS) is 10.5. The molecule has 1 N–H and O–H groups in total. The lowest BCUT2D eigenvalue weighted by molar-refractivity contribution is 0.0773. The van der Waals surface area contributed by atoms with Crippen LogP contribution in [0.1, 0.15) is 40.3 Å². The lowest BCUT2D eigenvalue weighted by Crippen LogP contribution is -2.31. The van der Waals surface area contributed by atoms with Gasteiger partial charge >= 0.3 is 0 Å². The van der Waals surface area contributed by atoms with Crippen molar-refractivity contribution in [1.82, 2.24) is 15.2 Å². The summed E-state index contributed by atoms with van der Waals surface area (Å²) in [6.45, 7) is 5.45. The van der Waals surface area contributed by atoms with Crippen LogP contribution in [0, 0.1) is 0 Å². The Kier molecular flexibility index (Phi) is 7.42. The van der Waals surface area contributed by atoms with Gasteiger partial charge in [-0.2, -0.15) is 0 Å². The minimum atomic E-state index is -0.329. The van der Waals surface area contributed by atoms with Crippen LogP contribution in [0.5, 0.6) is 0 Å². The van der Waals surface area contributed by atoms with E-state index in [9.17, 15) is 9.59 Å². The molecule has 1 aromatic carbocycles. The Labute approximate surface area is 163 Å². The van der Waals surface area contributed by atoms with Crippen LogP contribution >= 0.6 is 23.2 Å². The number of carbonyl (C=O) groups excluding carboxylic acids is 2. The van der Waals surface area contributed by atoms with Gasteiger partial charge in [0.25, 0.3) is 11.8 Å². The Hall–Kier alpha value is -2.11. The van der Waals surface area contributed by atoms with Crippen LogP contribution in [-0.4, -0.2) is 41.3 Å². The molecule has 0 saturated heterocycles. The van der Waals surface area contributed by atoms with E-state index in [1.165, 1.54) is 12.3 Å². The molecule has 0 fully saturated rings. The number of nitrogens with zero attached hydrogens (tertiary/aromatic N) is 2. The van der Waals surface area contributed by atoms with E-state index < -0.39 is 0 Å². The summed E-state index contributed by atoms with van der Waals surface area (Å²) in [5.74, 6) is -0.441.